The molecular formula is C17H20N4O2S. The number of nitrogens with two attached hydrogens (primary N) is 1. The first-order valence-electron chi connectivity index (χ1n) is 7.94. The molecule has 0 bridgehead atoms. The lowest BCUT2D eigenvalue weighted by atomic mass is 10.2. The summed E-state index contributed by atoms with van der Waals surface area (Å²) in [6, 6.07) is 3.49. The minimum absolute atomic E-state index is 0.0810. The van der Waals surface area contributed by atoms with Crippen LogP contribution >= 0.6 is 11.3 Å². The lowest BCUT2D eigenvalue weighted by molar-refractivity contribution is -0.136. The maximum atomic E-state index is 12.5. The fourth-order valence-electron chi connectivity index (χ4n) is 3.07. The van der Waals surface area contributed by atoms with Gasteiger partial charge in [-0.2, -0.15) is 0 Å². The third-order valence-electron chi connectivity index (χ3n) is 4.20. The number of aryl methyl sites for hydroxylation is 2. The molecule has 1 saturated heterocycles. The average Bonchev–Trinajstić information content (AvgIpc) is 3.14. The van der Waals surface area contributed by atoms with Crippen LogP contribution in [0.5, 0.6) is 0 Å². The fourth-order valence-corrected chi connectivity index (χ4v) is 4.13. The summed E-state index contributed by atoms with van der Waals surface area (Å²) in [5.74, 6) is -0.508. The van der Waals surface area contributed by atoms with Crippen LogP contribution in [0.1, 0.15) is 29.2 Å². The molecule has 24 heavy (non-hydrogen) atoms. The highest BCUT2D eigenvalue weighted by Crippen LogP contribution is 2.31. The van der Waals surface area contributed by atoms with Crippen LogP contribution in [0.3, 0.4) is 0 Å². The number of carbonyl (C=O) groups excluding carboxylic acids is 2. The Morgan fingerprint density at radius 1 is 1.42 bits per heavy atom. The van der Waals surface area contributed by atoms with Crippen molar-refractivity contribution in [2.24, 2.45) is 5.73 Å². The molecule has 2 amide bonds. The first-order chi connectivity index (χ1) is 11.5. The number of hydrogen-bond donors (Lipinski definition) is 1. The van der Waals surface area contributed by atoms with Crippen molar-refractivity contribution < 1.29 is 9.59 Å². The molecule has 1 fully saturated rings. The number of carbonyl (C=O) groups is 2. The molecule has 0 aromatic carbocycles. The third kappa shape index (κ3) is 3.31. The molecule has 1 aliphatic rings. The van der Waals surface area contributed by atoms with E-state index >= 15 is 0 Å². The van der Waals surface area contributed by atoms with Gasteiger partial charge in [-0.1, -0.05) is 0 Å². The number of thiazole rings is 1. The van der Waals surface area contributed by atoms with Gasteiger partial charge in [-0.05, 0) is 44.4 Å². The minimum Gasteiger partial charge on any atom is -0.368 e. The van der Waals surface area contributed by atoms with Crippen molar-refractivity contribution in [2.75, 3.05) is 6.54 Å². The predicted octanol–water partition coefficient (Wildman–Crippen LogP) is 1.84. The number of pyridine rings is 1. The van der Waals surface area contributed by atoms with Crippen LogP contribution in [-0.4, -0.2) is 39.3 Å². The zero-order valence-corrected chi connectivity index (χ0v) is 14.6. The first-order valence-corrected chi connectivity index (χ1v) is 8.75. The van der Waals surface area contributed by atoms with Crippen LogP contribution in [0.15, 0.2) is 18.3 Å². The molecule has 2 N–H and O–H groups in total. The van der Waals surface area contributed by atoms with Gasteiger partial charge in [0.2, 0.25) is 11.8 Å². The van der Waals surface area contributed by atoms with E-state index in [4.69, 9.17) is 5.73 Å². The molecule has 7 heteroatoms. The summed E-state index contributed by atoms with van der Waals surface area (Å²) in [5.41, 5.74) is 8.30. The summed E-state index contributed by atoms with van der Waals surface area (Å²) >= 11 is 1.52. The van der Waals surface area contributed by atoms with E-state index in [0.717, 1.165) is 33.3 Å². The maximum Gasteiger partial charge on any atom is 0.240 e. The average molecular weight is 344 g/mol. The lowest BCUT2D eigenvalue weighted by Crippen LogP contribution is -2.44. The second-order valence-electron chi connectivity index (χ2n) is 6.03. The molecule has 0 aliphatic carbocycles. The van der Waals surface area contributed by atoms with Crippen LogP contribution in [-0.2, 0) is 16.0 Å². The molecule has 0 spiro atoms. The van der Waals surface area contributed by atoms with E-state index in [0.29, 0.717) is 13.0 Å². The van der Waals surface area contributed by atoms with Crippen LogP contribution in [0.4, 0.5) is 0 Å². The number of aromatic nitrogens is 2. The molecule has 2 aromatic rings. The van der Waals surface area contributed by atoms with E-state index in [1.807, 2.05) is 26.0 Å². The van der Waals surface area contributed by atoms with Gasteiger partial charge in [0.25, 0.3) is 0 Å². The SMILES string of the molecule is Cc1cc(-c2sc(CC(=O)N3CCC[C@H]3C(N)=O)nc2C)ccn1. The molecule has 0 saturated carbocycles. The van der Waals surface area contributed by atoms with Crippen molar-refractivity contribution >= 4 is 23.2 Å². The third-order valence-corrected chi connectivity index (χ3v) is 5.41. The number of rotatable bonds is 4. The van der Waals surface area contributed by atoms with E-state index in [9.17, 15) is 9.59 Å². The standard InChI is InChI=1S/C17H20N4O2S/c1-10-8-12(5-6-19-10)16-11(2)20-14(24-16)9-15(22)21-7-3-4-13(21)17(18)23/h5-6,8,13H,3-4,7,9H2,1-2H3,(H2,18,23)/t13-/m0/s1. The summed E-state index contributed by atoms with van der Waals surface area (Å²) in [5, 5.41) is 0.761. The smallest absolute Gasteiger partial charge is 0.240 e. The van der Waals surface area contributed by atoms with Gasteiger partial charge in [0.05, 0.1) is 17.0 Å². The second-order valence-corrected chi connectivity index (χ2v) is 7.12. The second kappa shape index (κ2) is 6.68. The van der Waals surface area contributed by atoms with Crippen molar-refractivity contribution in [3.8, 4) is 10.4 Å². The van der Waals surface area contributed by atoms with Crippen molar-refractivity contribution in [3.63, 3.8) is 0 Å². The Kier molecular flexibility index (Phi) is 4.62. The highest BCUT2D eigenvalue weighted by atomic mass is 32.1. The van der Waals surface area contributed by atoms with Crippen LogP contribution in [0.2, 0.25) is 0 Å². The van der Waals surface area contributed by atoms with E-state index < -0.39 is 11.9 Å². The fraction of sp³-hybridized carbons (Fsp3) is 0.412. The summed E-state index contributed by atoms with van der Waals surface area (Å²) in [4.78, 5) is 35.4. The molecule has 2 aromatic heterocycles. The number of primary amides is 1. The van der Waals surface area contributed by atoms with Crippen molar-refractivity contribution in [1.29, 1.82) is 0 Å². The monoisotopic (exact) mass is 344 g/mol. The number of amides is 2. The highest BCUT2D eigenvalue weighted by Gasteiger charge is 2.32. The Morgan fingerprint density at radius 2 is 2.21 bits per heavy atom. The van der Waals surface area contributed by atoms with Gasteiger partial charge in [0, 0.05) is 18.4 Å². The Bertz CT molecular complexity index is 787. The number of hydrogen-bond acceptors (Lipinski definition) is 5. The molecule has 3 rings (SSSR count). The largest absolute Gasteiger partial charge is 0.368 e. The van der Waals surface area contributed by atoms with E-state index in [1.165, 1.54) is 11.3 Å². The molecule has 6 nitrogen and oxygen atoms in total. The van der Waals surface area contributed by atoms with E-state index in [-0.39, 0.29) is 12.3 Å². The normalized spacial score (nSPS) is 17.2. The zero-order chi connectivity index (χ0) is 17.3. The van der Waals surface area contributed by atoms with Gasteiger partial charge >= 0.3 is 0 Å². The Morgan fingerprint density at radius 3 is 2.92 bits per heavy atom. The predicted molar refractivity (Wildman–Crippen MR) is 92.5 cm³/mol. The summed E-state index contributed by atoms with van der Waals surface area (Å²) < 4.78 is 0. The number of nitrogens with zero attached hydrogens (tertiary/aromatic N) is 3. The van der Waals surface area contributed by atoms with Crippen molar-refractivity contribution in [3.05, 3.63) is 34.7 Å². The maximum absolute atomic E-state index is 12.5. The van der Waals surface area contributed by atoms with Gasteiger partial charge < -0.3 is 10.6 Å². The van der Waals surface area contributed by atoms with Crippen molar-refractivity contribution in [1.82, 2.24) is 14.9 Å². The van der Waals surface area contributed by atoms with Gasteiger partial charge in [-0.25, -0.2) is 4.98 Å². The van der Waals surface area contributed by atoms with Gasteiger partial charge in [-0.15, -0.1) is 11.3 Å². The molecule has 3 heterocycles. The van der Waals surface area contributed by atoms with Gasteiger partial charge in [0.1, 0.15) is 11.0 Å². The van der Waals surface area contributed by atoms with Crippen LogP contribution < -0.4 is 5.73 Å². The van der Waals surface area contributed by atoms with Crippen LogP contribution in [0, 0.1) is 13.8 Å². The molecule has 1 aliphatic heterocycles. The molecule has 1 atom stereocenters. The first kappa shape index (κ1) is 16.6. The molecule has 0 radical (unpaired) electrons. The van der Waals surface area contributed by atoms with Gasteiger partial charge in [0.15, 0.2) is 0 Å². The lowest BCUT2D eigenvalue weighted by Gasteiger charge is -2.21. The highest BCUT2D eigenvalue weighted by molar-refractivity contribution is 7.15. The molecule has 0 unspecified atom stereocenters. The number of likely N-dealkylation sites (tertiary alicyclic amines) is 1. The van der Waals surface area contributed by atoms with Gasteiger partial charge in [-0.3, -0.25) is 14.6 Å². The quantitative estimate of drug-likeness (QED) is 0.916. The summed E-state index contributed by atoms with van der Waals surface area (Å²) in [7, 11) is 0. The molecular weight excluding hydrogens is 324 g/mol. The topological polar surface area (TPSA) is 89.2 Å². The van der Waals surface area contributed by atoms with Crippen LogP contribution in [0.25, 0.3) is 10.4 Å². The summed E-state index contributed by atoms with van der Waals surface area (Å²) in [6.45, 7) is 4.48. The summed E-state index contributed by atoms with van der Waals surface area (Å²) in [6.07, 6.45) is 3.45. The zero-order valence-electron chi connectivity index (χ0n) is 13.8. The Balaban J connectivity index is 1.78. The van der Waals surface area contributed by atoms with E-state index in [2.05, 4.69) is 9.97 Å². The molecule has 126 valence electrons. The van der Waals surface area contributed by atoms with E-state index in [1.54, 1.807) is 11.1 Å². The Hall–Kier alpha value is -2.28. The minimum atomic E-state index is -0.471. The van der Waals surface area contributed by atoms with Crippen molar-refractivity contribution in [2.45, 2.75) is 39.2 Å². The Labute approximate surface area is 144 Å².